The van der Waals surface area contributed by atoms with Crippen LogP contribution in [0.25, 0.3) is 11.0 Å². The number of rotatable bonds is 8. The molecule has 0 bridgehead atoms. The molecule has 2 heterocycles. The minimum absolute atomic E-state index is 0.111. The summed E-state index contributed by atoms with van der Waals surface area (Å²) in [7, 11) is -3.67. The minimum Gasteiger partial charge on any atom is -0.385 e. The first-order valence-corrected chi connectivity index (χ1v) is 11.8. The van der Waals surface area contributed by atoms with Crippen LogP contribution in [0.2, 0.25) is 0 Å². The van der Waals surface area contributed by atoms with Crippen molar-refractivity contribution in [2.24, 2.45) is 0 Å². The Kier molecular flexibility index (Phi) is 6.68. The van der Waals surface area contributed by atoms with Gasteiger partial charge in [0, 0.05) is 19.6 Å². The van der Waals surface area contributed by atoms with Crippen molar-refractivity contribution in [3.8, 4) is 0 Å². The molecular formula is C21H25N5O5S. The molecule has 0 radical (unpaired) electrons. The first-order valence-electron chi connectivity index (χ1n) is 10.3. The Balaban J connectivity index is 1.40. The molecule has 2 aromatic carbocycles. The van der Waals surface area contributed by atoms with Crippen LogP contribution < -0.4 is 10.2 Å². The SMILES string of the molecule is CC(CNC(=O)COn1nnc2ccc(S(=O)(=O)N3CCOCC3)cc21)c1ccccc1. The van der Waals surface area contributed by atoms with Gasteiger partial charge in [0.1, 0.15) is 11.0 Å². The first kappa shape index (κ1) is 22.2. The second-order valence-corrected chi connectivity index (χ2v) is 9.46. The number of nitrogens with zero attached hydrogens (tertiary/aromatic N) is 4. The average molecular weight is 460 g/mol. The molecule has 3 aromatic rings. The fourth-order valence-electron chi connectivity index (χ4n) is 3.41. The summed E-state index contributed by atoms with van der Waals surface area (Å²) in [5.41, 5.74) is 1.96. The molecule has 170 valence electrons. The fourth-order valence-corrected chi connectivity index (χ4v) is 4.84. The fraction of sp³-hybridized carbons (Fsp3) is 0.381. The van der Waals surface area contributed by atoms with E-state index < -0.39 is 10.0 Å². The van der Waals surface area contributed by atoms with Gasteiger partial charge in [0.15, 0.2) is 6.61 Å². The van der Waals surface area contributed by atoms with Gasteiger partial charge in [-0.3, -0.25) is 4.79 Å². The number of amides is 1. The van der Waals surface area contributed by atoms with Crippen LogP contribution in [0.15, 0.2) is 53.4 Å². The topological polar surface area (TPSA) is 116 Å². The van der Waals surface area contributed by atoms with Crippen molar-refractivity contribution >= 4 is 27.0 Å². The van der Waals surface area contributed by atoms with Gasteiger partial charge in [-0.2, -0.15) is 4.31 Å². The number of ether oxygens (including phenoxy) is 1. The van der Waals surface area contributed by atoms with Crippen molar-refractivity contribution < 1.29 is 22.8 Å². The predicted molar refractivity (Wildman–Crippen MR) is 116 cm³/mol. The van der Waals surface area contributed by atoms with Crippen molar-refractivity contribution in [3.05, 3.63) is 54.1 Å². The summed E-state index contributed by atoms with van der Waals surface area (Å²) in [5, 5.41) is 10.7. The highest BCUT2D eigenvalue weighted by atomic mass is 32.2. The van der Waals surface area contributed by atoms with E-state index in [0.717, 1.165) is 10.4 Å². The zero-order valence-corrected chi connectivity index (χ0v) is 18.5. The third-order valence-electron chi connectivity index (χ3n) is 5.29. The quantitative estimate of drug-likeness (QED) is 0.530. The van der Waals surface area contributed by atoms with Gasteiger partial charge in [0.25, 0.3) is 5.91 Å². The summed E-state index contributed by atoms with van der Waals surface area (Å²) in [6, 6.07) is 14.4. The molecule has 1 unspecified atom stereocenters. The number of carbonyl (C=O) groups excluding carboxylic acids is 1. The van der Waals surface area contributed by atoms with Gasteiger partial charge in [-0.1, -0.05) is 42.1 Å². The van der Waals surface area contributed by atoms with Crippen molar-refractivity contribution in [1.82, 2.24) is 24.8 Å². The maximum atomic E-state index is 12.9. The van der Waals surface area contributed by atoms with Gasteiger partial charge >= 0.3 is 0 Å². The summed E-state index contributed by atoms with van der Waals surface area (Å²) in [5.74, 6) is -0.158. The number of carbonyl (C=O) groups is 1. The third kappa shape index (κ3) is 4.90. The summed E-state index contributed by atoms with van der Waals surface area (Å²) in [4.78, 5) is 18.9. The molecule has 1 aliphatic heterocycles. The zero-order valence-electron chi connectivity index (χ0n) is 17.7. The second kappa shape index (κ2) is 9.63. The number of morpholine rings is 1. The van der Waals surface area contributed by atoms with Crippen molar-refractivity contribution in [2.45, 2.75) is 17.7 Å². The average Bonchev–Trinajstić information content (AvgIpc) is 3.24. The first-order chi connectivity index (χ1) is 15.4. The van der Waals surface area contributed by atoms with Crippen LogP contribution >= 0.6 is 0 Å². The number of hydrogen-bond acceptors (Lipinski definition) is 7. The number of fused-ring (bicyclic) bond motifs is 1. The van der Waals surface area contributed by atoms with E-state index in [4.69, 9.17) is 9.57 Å². The molecule has 1 N–H and O–H groups in total. The summed E-state index contributed by atoms with van der Waals surface area (Å²) >= 11 is 0. The highest BCUT2D eigenvalue weighted by Crippen LogP contribution is 2.21. The van der Waals surface area contributed by atoms with E-state index in [9.17, 15) is 13.2 Å². The Bertz CT molecular complexity index is 1180. The van der Waals surface area contributed by atoms with E-state index >= 15 is 0 Å². The zero-order chi connectivity index (χ0) is 22.6. The van der Waals surface area contributed by atoms with Crippen LogP contribution in [0.5, 0.6) is 0 Å². The van der Waals surface area contributed by atoms with Gasteiger partial charge < -0.3 is 14.9 Å². The van der Waals surface area contributed by atoms with E-state index in [1.807, 2.05) is 37.3 Å². The molecule has 1 atom stereocenters. The molecule has 1 aliphatic rings. The van der Waals surface area contributed by atoms with E-state index in [0.29, 0.717) is 43.9 Å². The van der Waals surface area contributed by atoms with Gasteiger partial charge in [-0.05, 0) is 34.9 Å². The molecule has 32 heavy (non-hydrogen) atoms. The highest BCUT2D eigenvalue weighted by molar-refractivity contribution is 7.89. The maximum Gasteiger partial charge on any atom is 0.260 e. The molecule has 0 spiro atoms. The highest BCUT2D eigenvalue weighted by Gasteiger charge is 2.27. The Labute approximate surface area is 186 Å². The molecule has 1 fully saturated rings. The summed E-state index contributed by atoms with van der Waals surface area (Å²) < 4.78 is 32.4. The van der Waals surface area contributed by atoms with Crippen molar-refractivity contribution in [3.63, 3.8) is 0 Å². The Morgan fingerprint density at radius 2 is 1.94 bits per heavy atom. The van der Waals surface area contributed by atoms with Crippen LogP contribution in [-0.4, -0.2) is 73.2 Å². The number of sulfonamides is 1. The predicted octanol–water partition coefficient (Wildman–Crippen LogP) is 0.801. The second-order valence-electron chi connectivity index (χ2n) is 7.52. The smallest absolute Gasteiger partial charge is 0.260 e. The van der Waals surface area contributed by atoms with Crippen LogP contribution in [0.4, 0.5) is 0 Å². The van der Waals surface area contributed by atoms with E-state index in [1.54, 1.807) is 6.07 Å². The number of nitrogens with one attached hydrogen (secondary N) is 1. The molecule has 1 saturated heterocycles. The molecule has 11 heteroatoms. The Morgan fingerprint density at radius 1 is 1.19 bits per heavy atom. The minimum atomic E-state index is -3.67. The molecule has 4 rings (SSSR count). The van der Waals surface area contributed by atoms with Gasteiger partial charge in [0.2, 0.25) is 10.0 Å². The van der Waals surface area contributed by atoms with Gasteiger partial charge in [0.05, 0.1) is 18.1 Å². The number of aromatic nitrogens is 3. The number of benzene rings is 2. The molecule has 1 amide bonds. The lowest BCUT2D eigenvalue weighted by molar-refractivity contribution is -0.126. The van der Waals surface area contributed by atoms with Gasteiger partial charge in [-0.15, -0.1) is 5.10 Å². The largest absolute Gasteiger partial charge is 0.385 e. The van der Waals surface area contributed by atoms with Gasteiger partial charge in [-0.25, -0.2) is 8.42 Å². The molecule has 0 saturated carbocycles. The monoisotopic (exact) mass is 459 g/mol. The molecule has 1 aromatic heterocycles. The van der Waals surface area contributed by atoms with Crippen LogP contribution in [-0.2, 0) is 19.6 Å². The van der Waals surface area contributed by atoms with E-state index in [-0.39, 0.29) is 23.3 Å². The maximum absolute atomic E-state index is 12.9. The van der Waals surface area contributed by atoms with Crippen molar-refractivity contribution in [2.75, 3.05) is 39.5 Å². The Hall–Kier alpha value is -3.02. The lowest BCUT2D eigenvalue weighted by Crippen LogP contribution is -2.40. The molecule has 10 nitrogen and oxygen atoms in total. The van der Waals surface area contributed by atoms with Crippen molar-refractivity contribution in [1.29, 1.82) is 0 Å². The molecule has 0 aliphatic carbocycles. The van der Waals surface area contributed by atoms with Crippen LogP contribution in [0, 0.1) is 0 Å². The summed E-state index contributed by atoms with van der Waals surface area (Å²) in [6.07, 6.45) is 0. The Morgan fingerprint density at radius 3 is 2.69 bits per heavy atom. The summed E-state index contributed by atoms with van der Waals surface area (Å²) in [6.45, 7) is 3.54. The third-order valence-corrected chi connectivity index (χ3v) is 7.18. The van der Waals surface area contributed by atoms with Crippen LogP contribution in [0.3, 0.4) is 0 Å². The van der Waals surface area contributed by atoms with E-state index in [1.165, 1.54) is 16.4 Å². The van der Waals surface area contributed by atoms with E-state index in [2.05, 4.69) is 15.6 Å². The lowest BCUT2D eigenvalue weighted by atomic mass is 10.0. The number of hydrogen-bond donors (Lipinski definition) is 1. The van der Waals surface area contributed by atoms with Crippen LogP contribution in [0.1, 0.15) is 18.4 Å². The molecular weight excluding hydrogens is 434 g/mol. The standard InChI is InChI=1S/C21H25N5O5S/c1-16(17-5-3-2-4-6-17)14-22-21(27)15-31-26-20-13-18(7-8-19(20)23-24-26)32(28,29)25-9-11-30-12-10-25/h2-8,13,16H,9-12,14-15H2,1H3,(H,22,27). The normalized spacial score (nSPS) is 16.0. The lowest BCUT2D eigenvalue weighted by Gasteiger charge is -2.26.